The molecule has 0 unspecified atom stereocenters. The van der Waals surface area contributed by atoms with Crippen LogP contribution < -0.4 is 10.2 Å². The molecule has 0 atom stereocenters. The molecule has 1 saturated heterocycles. The molecular formula is C22H20N6O. The van der Waals surface area contributed by atoms with Crippen molar-refractivity contribution in [2.24, 2.45) is 0 Å². The van der Waals surface area contributed by atoms with Gasteiger partial charge in [-0.15, -0.1) is 0 Å². The van der Waals surface area contributed by atoms with Gasteiger partial charge in [-0.05, 0) is 42.5 Å². The molecule has 0 bridgehead atoms. The van der Waals surface area contributed by atoms with Gasteiger partial charge in [0.05, 0.1) is 11.6 Å². The summed E-state index contributed by atoms with van der Waals surface area (Å²) in [6.07, 6.45) is 3.40. The minimum absolute atomic E-state index is 0.0121. The summed E-state index contributed by atoms with van der Waals surface area (Å²) in [6.45, 7) is 2.79. The Hall–Kier alpha value is -3.92. The molecule has 4 rings (SSSR count). The molecule has 3 aromatic rings. The summed E-state index contributed by atoms with van der Waals surface area (Å²) in [7, 11) is 0. The molecule has 1 aromatic carbocycles. The number of pyridine rings is 2. The molecule has 1 aliphatic rings. The molecule has 2 aromatic heterocycles. The van der Waals surface area contributed by atoms with Crippen LogP contribution in [0.1, 0.15) is 15.9 Å². The number of nitriles is 1. The Morgan fingerprint density at radius 3 is 2.59 bits per heavy atom. The lowest BCUT2D eigenvalue weighted by Crippen LogP contribution is -2.49. The Labute approximate surface area is 169 Å². The van der Waals surface area contributed by atoms with Crippen molar-refractivity contribution in [1.82, 2.24) is 14.9 Å². The highest BCUT2D eigenvalue weighted by molar-refractivity contribution is 5.95. The van der Waals surface area contributed by atoms with Crippen LogP contribution in [0.3, 0.4) is 0 Å². The van der Waals surface area contributed by atoms with Crippen LogP contribution in [0.15, 0.2) is 67.0 Å². The summed E-state index contributed by atoms with van der Waals surface area (Å²) >= 11 is 0. The molecule has 0 aliphatic carbocycles. The number of anilines is 3. The number of hydrogen-bond donors (Lipinski definition) is 1. The quantitative estimate of drug-likeness (QED) is 0.744. The molecule has 7 heteroatoms. The van der Waals surface area contributed by atoms with E-state index >= 15 is 0 Å². The minimum Gasteiger partial charge on any atom is -0.353 e. The fourth-order valence-corrected chi connectivity index (χ4v) is 3.31. The van der Waals surface area contributed by atoms with E-state index in [4.69, 9.17) is 5.26 Å². The Kier molecular flexibility index (Phi) is 5.34. The second-order valence-corrected chi connectivity index (χ2v) is 6.71. The smallest absolute Gasteiger partial charge is 0.254 e. The van der Waals surface area contributed by atoms with Crippen LogP contribution in [-0.4, -0.2) is 47.0 Å². The van der Waals surface area contributed by atoms with Crippen molar-refractivity contribution in [3.8, 4) is 6.07 Å². The zero-order valence-corrected chi connectivity index (χ0v) is 15.8. The van der Waals surface area contributed by atoms with Crippen molar-refractivity contribution in [2.45, 2.75) is 0 Å². The number of carbonyl (C=O) groups is 1. The molecule has 1 fully saturated rings. The van der Waals surface area contributed by atoms with Crippen LogP contribution in [0.4, 0.5) is 17.3 Å². The average Bonchev–Trinajstić information content (AvgIpc) is 2.79. The van der Waals surface area contributed by atoms with Gasteiger partial charge in [-0.1, -0.05) is 12.1 Å². The summed E-state index contributed by atoms with van der Waals surface area (Å²) < 4.78 is 0. The number of aromatic nitrogens is 2. The van der Waals surface area contributed by atoms with Crippen molar-refractivity contribution < 1.29 is 4.79 Å². The lowest BCUT2D eigenvalue weighted by Gasteiger charge is -2.35. The van der Waals surface area contributed by atoms with Gasteiger partial charge >= 0.3 is 0 Å². The number of nitrogens with one attached hydrogen (secondary N) is 1. The maximum Gasteiger partial charge on any atom is 0.254 e. The highest BCUT2D eigenvalue weighted by Crippen LogP contribution is 2.19. The number of rotatable bonds is 4. The van der Waals surface area contributed by atoms with Gasteiger partial charge < -0.3 is 15.1 Å². The second-order valence-electron chi connectivity index (χ2n) is 6.71. The van der Waals surface area contributed by atoms with Gasteiger partial charge in [0.15, 0.2) is 0 Å². The summed E-state index contributed by atoms with van der Waals surface area (Å²) in [4.78, 5) is 25.7. The first-order valence-corrected chi connectivity index (χ1v) is 9.41. The van der Waals surface area contributed by atoms with Crippen molar-refractivity contribution in [1.29, 1.82) is 5.26 Å². The van der Waals surface area contributed by atoms with Crippen molar-refractivity contribution >= 4 is 23.2 Å². The molecule has 0 radical (unpaired) electrons. The number of nitrogens with zero attached hydrogens (tertiary/aromatic N) is 5. The third-order valence-corrected chi connectivity index (χ3v) is 4.81. The van der Waals surface area contributed by atoms with Crippen molar-refractivity contribution in [3.63, 3.8) is 0 Å². The second kappa shape index (κ2) is 8.40. The van der Waals surface area contributed by atoms with Crippen LogP contribution in [0.5, 0.6) is 0 Å². The molecule has 1 aliphatic heterocycles. The van der Waals surface area contributed by atoms with E-state index in [9.17, 15) is 4.79 Å². The first-order valence-electron chi connectivity index (χ1n) is 9.41. The minimum atomic E-state index is -0.0121. The van der Waals surface area contributed by atoms with E-state index in [1.54, 1.807) is 42.7 Å². The van der Waals surface area contributed by atoms with Gasteiger partial charge in [-0.25, -0.2) is 9.97 Å². The molecule has 0 spiro atoms. The Bertz CT molecular complexity index is 1040. The van der Waals surface area contributed by atoms with E-state index in [1.165, 1.54) is 0 Å². The average molecular weight is 384 g/mol. The summed E-state index contributed by atoms with van der Waals surface area (Å²) in [6, 6.07) is 18.6. The number of amides is 1. The van der Waals surface area contributed by atoms with Gasteiger partial charge in [0, 0.05) is 49.8 Å². The first kappa shape index (κ1) is 18.4. The SMILES string of the molecule is N#Cc1cccc(Nc2cc(C(=O)N3CCN(c4ccccn4)CC3)ccn2)c1. The van der Waals surface area contributed by atoms with Gasteiger partial charge in [0.1, 0.15) is 11.6 Å². The summed E-state index contributed by atoms with van der Waals surface area (Å²) in [5, 5.41) is 12.2. The van der Waals surface area contributed by atoms with E-state index in [-0.39, 0.29) is 5.91 Å². The van der Waals surface area contributed by atoms with E-state index in [0.717, 1.165) is 24.6 Å². The molecule has 144 valence electrons. The first-order chi connectivity index (χ1) is 14.2. The standard InChI is InChI=1S/C22H20N6O/c23-16-17-4-3-5-19(14-17)26-20-15-18(7-9-24-20)22(29)28-12-10-27(11-13-28)21-6-1-2-8-25-21/h1-9,14-15H,10-13H2,(H,24,26). The van der Waals surface area contributed by atoms with Crippen LogP contribution >= 0.6 is 0 Å². The summed E-state index contributed by atoms with van der Waals surface area (Å²) in [5.74, 6) is 1.49. The number of benzene rings is 1. The zero-order valence-electron chi connectivity index (χ0n) is 15.8. The lowest BCUT2D eigenvalue weighted by molar-refractivity contribution is 0.0746. The van der Waals surface area contributed by atoms with E-state index < -0.39 is 0 Å². The molecule has 3 heterocycles. The Balaban J connectivity index is 1.42. The fraction of sp³-hybridized carbons (Fsp3) is 0.182. The third kappa shape index (κ3) is 4.33. The molecule has 1 amide bonds. The normalized spacial score (nSPS) is 13.6. The van der Waals surface area contributed by atoms with Crippen molar-refractivity contribution in [3.05, 3.63) is 78.1 Å². The van der Waals surface area contributed by atoms with Crippen LogP contribution in [0.25, 0.3) is 0 Å². The maximum atomic E-state index is 12.9. The Morgan fingerprint density at radius 2 is 1.83 bits per heavy atom. The van der Waals surface area contributed by atoms with Gasteiger partial charge in [0.25, 0.3) is 5.91 Å². The highest BCUT2D eigenvalue weighted by Gasteiger charge is 2.23. The number of hydrogen-bond acceptors (Lipinski definition) is 6. The number of piperazine rings is 1. The fourth-order valence-electron chi connectivity index (χ4n) is 3.31. The van der Waals surface area contributed by atoms with E-state index in [1.807, 2.05) is 29.2 Å². The molecule has 7 nitrogen and oxygen atoms in total. The largest absolute Gasteiger partial charge is 0.353 e. The van der Waals surface area contributed by atoms with Crippen LogP contribution in [-0.2, 0) is 0 Å². The molecule has 0 saturated carbocycles. The van der Waals surface area contributed by atoms with Gasteiger partial charge in [-0.3, -0.25) is 4.79 Å². The van der Waals surface area contributed by atoms with E-state index in [2.05, 4.69) is 26.3 Å². The van der Waals surface area contributed by atoms with Crippen molar-refractivity contribution in [2.75, 3.05) is 36.4 Å². The summed E-state index contributed by atoms with van der Waals surface area (Å²) in [5.41, 5.74) is 1.91. The van der Waals surface area contributed by atoms with Crippen LogP contribution in [0.2, 0.25) is 0 Å². The van der Waals surface area contributed by atoms with E-state index in [0.29, 0.717) is 30.0 Å². The molecule has 29 heavy (non-hydrogen) atoms. The Morgan fingerprint density at radius 1 is 0.966 bits per heavy atom. The third-order valence-electron chi connectivity index (χ3n) is 4.81. The zero-order chi connectivity index (χ0) is 20.1. The van der Waals surface area contributed by atoms with Crippen LogP contribution in [0, 0.1) is 11.3 Å². The number of carbonyl (C=O) groups excluding carboxylic acids is 1. The monoisotopic (exact) mass is 384 g/mol. The maximum absolute atomic E-state index is 12.9. The lowest BCUT2D eigenvalue weighted by atomic mass is 10.2. The topological polar surface area (TPSA) is 85.2 Å². The predicted octanol–water partition coefficient (Wildman–Crippen LogP) is 3.05. The van der Waals surface area contributed by atoms with Gasteiger partial charge in [-0.2, -0.15) is 5.26 Å². The molecule has 1 N–H and O–H groups in total. The van der Waals surface area contributed by atoms with Gasteiger partial charge in [0.2, 0.25) is 0 Å². The highest BCUT2D eigenvalue weighted by atomic mass is 16.2. The predicted molar refractivity (Wildman–Crippen MR) is 111 cm³/mol. The molecular weight excluding hydrogens is 364 g/mol.